The van der Waals surface area contributed by atoms with Gasteiger partial charge >= 0.3 is 5.97 Å². The summed E-state index contributed by atoms with van der Waals surface area (Å²) in [6.45, 7) is 1.66. The van der Waals surface area contributed by atoms with Crippen molar-refractivity contribution >= 4 is 23.3 Å². The van der Waals surface area contributed by atoms with Crippen molar-refractivity contribution in [1.29, 1.82) is 0 Å². The van der Waals surface area contributed by atoms with E-state index in [2.05, 4.69) is 0 Å². The van der Waals surface area contributed by atoms with Crippen molar-refractivity contribution in [3.63, 3.8) is 0 Å². The molecule has 0 fully saturated rings. The molecular weight excluding hydrogens is 454 g/mol. The Morgan fingerprint density at radius 3 is 1.67 bits per heavy atom. The molecule has 0 aliphatic carbocycles. The van der Waals surface area contributed by atoms with Crippen LogP contribution in [-0.2, 0) is 9.53 Å². The number of carbonyl (C=O) groups excluding carboxylic acids is 4. The Morgan fingerprint density at radius 1 is 0.778 bits per heavy atom. The zero-order chi connectivity index (χ0) is 25.7. The largest absolute Gasteiger partial charge is 0.463 e. The molecule has 182 valence electrons. The fourth-order valence-corrected chi connectivity index (χ4v) is 4.83. The van der Waals surface area contributed by atoms with E-state index in [-0.39, 0.29) is 29.9 Å². The van der Waals surface area contributed by atoms with Crippen molar-refractivity contribution in [3.05, 3.63) is 119 Å². The zero-order valence-corrected chi connectivity index (χ0v) is 20.2. The van der Waals surface area contributed by atoms with Crippen LogP contribution >= 0.6 is 0 Å². The summed E-state index contributed by atoms with van der Waals surface area (Å²) < 4.78 is 5.30. The molecule has 0 radical (unpaired) electrons. The lowest BCUT2D eigenvalue weighted by molar-refractivity contribution is -0.139. The minimum atomic E-state index is -1.90. The van der Waals surface area contributed by atoms with Crippen molar-refractivity contribution < 1.29 is 23.9 Å². The molecule has 0 spiro atoms. The fourth-order valence-electron chi connectivity index (χ4n) is 4.83. The first kappa shape index (κ1) is 24.8. The lowest BCUT2D eigenvalue weighted by Crippen LogP contribution is -2.58. The van der Waals surface area contributed by atoms with Crippen molar-refractivity contribution in [1.82, 2.24) is 4.90 Å². The smallest absolute Gasteiger partial charge is 0.336 e. The number of hydrogen-bond donors (Lipinski definition) is 0. The Kier molecular flexibility index (Phi) is 7.25. The minimum absolute atomic E-state index is 0.0204. The van der Waals surface area contributed by atoms with Gasteiger partial charge in [-0.25, -0.2) is 4.79 Å². The van der Waals surface area contributed by atoms with Crippen molar-refractivity contribution in [2.75, 3.05) is 20.2 Å². The predicted octanol–water partition coefficient (Wildman–Crippen LogP) is 4.63. The summed E-state index contributed by atoms with van der Waals surface area (Å²) >= 11 is 0. The molecule has 36 heavy (non-hydrogen) atoms. The van der Waals surface area contributed by atoms with E-state index in [1.807, 2.05) is 0 Å². The fraction of sp³-hybridized carbons (Fsp3) is 0.200. The van der Waals surface area contributed by atoms with Crippen molar-refractivity contribution in [3.8, 4) is 0 Å². The van der Waals surface area contributed by atoms with Crippen LogP contribution in [0.3, 0.4) is 0 Å². The van der Waals surface area contributed by atoms with Gasteiger partial charge in [0.2, 0.25) is 0 Å². The van der Waals surface area contributed by atoms with Gasteiger partial charge in [-0.1, -0.05) is 91.0 Å². The monoisotopic (exact) mass is 481 g/mol. The van der Waals surface area contributed by atoms with Crippen LogP contribution < -0.4 is 0 Å². The van der Waals surface area contributed by atoms with E-state index in [9.17, 15) is 19.2 Å². The van der Waals surface area contributed by atoms with Crippen molar-refractivity contribution in [2.45, 2.75) is 6.92 Å². The molecule has 1 aliphatic heterocycles. The number of nitrogens with zero attached hydrogens (tertiary/aromatic N) is 1. The lowest BCUT2D eigenvalue weighted by Gasteiger charge is -2.44. The second kappa shape index (κ2) is 10.5. The number of Topliss-reactive ketones (excluding diaryl/α,β-unsaturated/α-hetero) is 3. The average molecular weight is 482 g/mol. The maximum atomic E-state index is 14.4. The van der Waals surface area contributed by atoms with Gasteiger partial charge in [0.1, 0.15) is 5.41 Å². The molecule has 6 heteroatoms. The Bertz CT molecular complexity index is 1250. The van der Waals surface area contributed by atoms with Gasteiger partial charge in [0.15, 0.2) is 17.3 Å². The van der Waals surface area contributed by atoms with Gasteiger partial charge in [-0.05, 0) is 6.92 Å². The molecule has 4 rings (SSSR count). The number of ketones is 3. The molecule has 0 aromatic heterocycles. The number of ether oxygens (including phenoxy) is 1. The number of carbonyl (C=O) groups is 4. The van der Waals surface area contributed by atoms with Crippen LogP contribution in [0.5, 0.6) is 0 Å². The second-order valence-electron chi connectivity index (χ2n) is 8.74. The van der Waals surface area contributed by atoms with Gasteiger partial charge in [0, 0.05) is 36.5 Å². The van der Waals surface area contributed by atoms with E-state index in [0.29, 0.717) is 5.56 Å². The molecule has 3 aromatic carbocycles. The summed E-state index contributed by atoms with van der Waals surface area (Å²) in [4.78, 5) is 57.7. The van der Waals surface area contributed by atoms with E-state index in [1.54, 1.807) is 110 Å². The molecule has 1 atom stereocenters. The average Bonchev–Trinajstić information content (AvgIpc) is 2.92. The summed E-state index contributed by atoms with van der Waals surface area (Å²) in [7, 11) is 1.67. The lowest BCUT2D eigenvalue weighted by atomic mass is 9.60. The number of rotatable bonds is 8. The summed E-state index contributed by atoms with van der Waals surface area (Å²) in [6.07, 6.45) is 1.51. The van der Waals surface area contributed by atoms with Gasteiger partial charge in [-0.15, -0.1) is 0 Å². The summed E-state index contributed by atoms with van der Waals surface area (Å²) in [5.74, 6) is -3.64. The van der Waals surface area contributed by atoms with Crippen LogP contribution in [0, 0.1) is 11.3 Å². The van der Waals surface area contributed by atoms with E-state index in [1.165, 1.54) is 6.20 Å². The van der Waals surface area contributed by atoms with Crippen LogP contribution in [0.1, 0.15) is 38.0 Å². The van der Waals surface area contributed by atoms with E-state index >= 15 is 0 Å². The summed E-state index contributed by atoms with van der Waals surface area (Å²) in [5.41, 5.74) is -1.06. The van der Waals surface area contributed by atoms with E-state index in [0.717, 1.165) is 0 Å². The molecule has 6 nitrogen and oxygen atoms in total. The molecule has 1 unspecified atom stereocenters. The van der Waals surface area contributed by atoms with E-state index in [4.69, 9.17) is 4.74 Å². The van der Waals surface area contributed by atoms with Crippen LogP contribution in [0.15, 0.2) is 103 Å². The zero-order valence-electron chi connectivity index (χ0n) is 20.2. The van der Waals surface area contributed by atoms with Crippen LogP contribution in [0.25, 0.3) is 0 Å². The van der Waals surface area contributed by atoms with Gasteiger partial charge < -0.3 is 9.64 Å². The first-order valence-electron chi connectivity index (χ1n) is 11.8. The Morgan fingerprint density at radius 2 is 1.22 bits per heavy atom. The van der Waals surface area contributed by atoms with Gasteiger partial charge in [-0.3, -0.25) is 14.4 Å². The van der Waals surface area contributed by atoms with Gasteiger partial charge in [-0.2, -0.15) is 0 Å². The van der Waals surface area contributed by atoms with Crippen LogP contribution in [-0.4, -0.2) is 48.4 Å². The first-order chi connectivity index (χ1) is 17.4. The third-order valence-corrected chi connectivity index (χ3v) is 6.38. The Hall–Kier alpha value is -4.32. The SMILES string of the molecule is CCOC(=O)C1=CN(C)CC(C(=O)c2ccccc2)(C(=O)c2ccccc2)C1C(=O)c1ccccc1. The molecule has 0 bridgehead atoms. The maximum Gasteiger partial charge on any atom is 0.336 e. The normalized spacial score (nSPS) is 16.6. The molecule has 0 saturated heterocycles. The summed E-state index contributed by atoms with van der Waals surface area (Å²) in [6, 6.07) is 25.3. The standard InChI is InChI=1S/C30H27NO5/c1-3-36-29(35)24-19-31(2)20-30(27(33)22-15-9-5-10-16-22,28(34)23-17-11-6-12-18-23)25(24)26(32)21-13-7-4-8-14-21/h4-19,25H,3,20H2,1-2H3. The summed E-state index contributed by atoms with van der Waals surface area (Å²) in [5, 5.41) is 0. The van der Waals surface area contributed by atoms with Crippen LogP contribution in [0.2, 0.25) is 0 Å². The van der Waals surface area contributed by atoms with Crippen LogP contribution in [0.4, 0.5) is 0 Å². The molecule has 1 aliphatic rings. The van der Waals surface area contributed by atoms with Crippen molar-refractivity contribution in [2.24, 2.45) is 11.3 Å². The highest BCUT2D eigenvalue weighted by Gasteiger charge is 2.59. The molecule has 0 saturated carbocycles. The second-order valence-corrected chi connectivity index (χ2v) is 8.74. The number of benzene rings is 3. The van der Waals surface area contributed by atoms with E-state index < -0.39 is 34.7 Å². The van der Waals surface area contributed by atoms with Gasteiger partial charge in [0.25, 0.3) is 0 Å². The first-order valence-corrected chi connectivity index (χ1v) is 11.8. The predicted molar refractivity (Wildman–Crippen MR) is 136 cm³/mol. The number of esters is 1. The molecule has 0 amide bonds. The highest BCUT2D eigenvalue weighted by atomic mass is 16.5. The third-order valence-electron chi connectivity index (χ3n) is 6.38. The third kappa shape index (κ3) is 4.50. The highest BCUT2D eigenvalue weighted by Crippen LogP contribution is 2.45. The quantitative estimate of drug-likeness (QED) is 0.265. The topological polar surface area (TPSA) is 80.8 Å². The molecule has 3 aromatic rings. The Labute approximate surface area is 210 Å². The molecular formula is C30H27NO5. The highest BCUT2D eigenvalue weighted by molar-refractivity contribution is 6.25. The minimum Gasteiger partial charge on any atom is -0.463 e. The maximum absolute atomic E-state index is 14.4. The number of hydrogen-bond acceptors (Lipinski definition) is 6. The molecule has 0 N–H and O–H groups in total. The molecule has 1 heterocycles. The van der Waals surface area contributed by atoms with Gasteiger partial charge in [0.05, 0.1) is 18.1 Å². The Balaban J connectivity index is 2.02.